The Kier molecular flexibility index (Phi) is 7.21. The molecule has 31 heavy (non-hydrogen) atoms. The van der Waals surface area contributed by atoms with Gasteiger partial charge in [-0.25, -0.2) is 9.90 Å². The molecule has 0 aromatic heterocycles. The van der Waals surface area contributed by atoms with E-state index in [0.29, 0.717) is 15.7 Å². The lowest BCUT2D eigenvalue weighted by atomic mass is 9.91. The monoisotopic (exact) mass is 457 g/mol. The molecule has 5 nitrogen and oxygen atoms in total. The van der Waals surface area contributed by atoms with E-state index >= 15 is 0 Å². The van der Waals surface area contributed by atoms with Gasteiger partial charge in [0, 0.05) is 12.0 Å². The highest BCUT2D eigenvalue weighted by atomic mass is 32.2. The Hall–Kier alpha value is -2.19. The summed E-state index contributed by atoms with van der Waals surface area (Å²) in [6, 6.07) is 13.9. The number of thioether (sulfide) groups is 1. The molecule has 0 spiro atoms. The Labute approximate surface area is 193 Å². The Morgan fingerprint density at radius 1 is 1.10 bits per heavy atom. The Morgan fingerprint density at radius 2 is 1.71 bits per heavy atom. The molecule has 0 aliphatic carbocycles. The van der Waals surface area contributed by atoms with Gasteiger partial charge in [0.2, 0.25) is 4.38 Å². The minimum atomic E-state index is -0.879. The van der Waals surface area contributed by atoms with E-state index in [1.807, 2.05) is 65.0 Å². The van der Waals surface area contributed by atoms with Crippen molar-refractivity contribution in [1.82, 2.24) is 5.06 Å². The van der Waals surface area contributed by atoms with E-state index in [2.05, 4.69) is 12.1 Å². The zero-order valence-corrected chi connectivity index (χ0v) is 20.3. The van der Waals surface area contributed by atoms with Crippen LogP contribution < -0.4 is 0 Å². The number of benzene rings is 2. The summed E-state index contributed by atoms with van der Waals surface area (Å²) in [7, 11) is 1.51. The molecule has 2 aromatic rings. The molecule has 0 unspecified atom stereocenters. The fourth-order valence-electron chi connectivity index (χ4n) is 3.84. The molecule has 0 fully saturated rings. The number of thiocarbonyl (C=S) groups is 1. The number of nitrogens with zero attached hydrogens (tertiary/aromatic N) is 1. The SMILES string of the molecule is COCON1C(=O)C(c2c(C)cc(C)cc2C)=C(OC(=S)Sc2ccccc2)C1(C)C. The van der Waals surface area contributed by atoms with Crippen molar-refractivity contribution in [2.24, 2.45) is 0 Å². The fraction of sp³-hybridized carbons (Fsp3) is 0.333. The fourth-order valence-corrected chi connectivity index (χ4v) is 4.82. The molecule has 0 atom stereocenters. The van der Waals surface area contributed by atoms with Crippen molar-refractivity contribution >= 4 is 39.8 Å². The Morgan fingerprint density at radius 3 is 2.29 bits per heavy atom. The van der Waals surface area contributed by atoms with Crippen molar-refractivity contribution < 1.29 is 19.1 Å². The van der Waals surface area contributed by atoms with Gasteiger partial charge >= 0.3 is 0 Å². The molecule has 1 aliphatic rings. The smallest absolute Gasteiger partial charge is 0.282 e. The van der Waals surface area contributed by atoms with Crippen LogP contribution in [0.5, 0.6) is 0 Å². The van der Waals surface area contributed by atoms with Crippen LogP contribution in [0.2, 0.25) is 0 Å². The first-order valence-electron chi connectivity index (χ1n) is 9.91. The first-order chi connectivity index (χ1) is 14.7. The van der Waals surface area contributed by atoms with Gasteiger partial charge in [0.15, 0.2) is 6.79 Å². The maximum absolute atomic E-state index is 13.5. The van der Waals surface area contributed by atoms with E-state index in [1.54, 1.807) is 0 Å². The van der Waals surface area contributed by atoms with Gasteiger partial charge in [0.1, 0.15) is 11.3 Å². The van der Waals surface area contributed by atoms with Gasteiger partial charge in [-0.05, 0) is 87.4 Å². The largest absolute Gasteiger partial charge is 0.440 e. The van der Waals surface area contributed by atoms with E-state index in [0.717, 1.165) is 27.1 Å². The number of hydrogen-bond acceptors (Lipinski definition) is 6. The van der Waals surface area contributed by atoms with Crippen LogP contribution in [0.25, 0.3) is 5.57 Å². The van der Waals surface area contributed by atoms with Crippen LogP contribution in [0.15, 0.2) is 53.1 Å². The third-order valence-corrected chi connectivity index (χ3v) is 6.14. The Bertz CT molecular complexity index is 1010. The molecule has 0 saturated heterocycles. The van der Waals surface area contributed by atoms with Crippen LogP contribution in [0.4, 0.5) is 0 Å². The first kappa shape index (κ1) is 23.5. The van der Waals surface area contributed by atoms with Crippen LogP contribution in [0.1, 0.15) is 36.1 Å². The van der Waals surface area contributed by atoms with Gasteiger partial charge in [-0.1, -0.05) is 35.9 Å². The third-order valence-electron chi connectivity index (χ3n) is 5.05. The number of hydrogen-bond donors (Lipinski definition) is 0. The van der Waals surface area contributed by atoms with Crippen molar-refractivity contribution in [1.29, 1.82) is 0 Å². The van der Waals surface area contributed by atoms with Gasteiger partial charge in [-0.15, -0.1) is 0 Å². The maximum atomic E-state index is 13.5. The quantitative estimate of drug-likeness (QED) is 0.321. The summed E-state index contributed by atoms with van der Waals surface area (Å²) in [4.78, 5) is 20.1. The number of hydroxylamine groups is 2. The van der Waals surface area contributed by atoms with Gasteiger partial charge in [0.05, 0.1) is 5.57 Å². The summed E-state index contributed by atoms with van der Waals surface area (Å²) in [5.41, 5.74) is 3.55. The molecule has 7 heteroatoms. The Balaban J connectivity index is 2.07. The van der Waals surface area contributed by atoms with Crippen LogP contribution in [0, 0.1) is 20.8 Å². The summed E-state index contributed by atoms with van der Waals surface area (Å²) >= 11 is 6.88. The number of aryl methyl sites for hydroxylation is 3. The molecule has 164 valence electrons. The summed E-state index contributed by atoms with van der Waals surface area (Å²) in [6.07, 6.45) is 0. The summed E-state index contributed by atoms with van der Waals surface area (Å²) in [5.74, 6) is 0.191. The predicted octanol–water partition coefficient (Wildman–Crippen LogP) is 5.57. The van der Waals surface area contributed by atoms with Gasteiger partial charge in [-0.2, -0.15) is 0 Å². The van der Waals surface area contributed by atoms with E-state index in [-0.39, 0.29) is 12.7 Å². The van der Waals surface area contributed by atoms with Crippen molar-refractivity contribution in [2.45, 2.75) is 45.1 Å². The average Bonchev–Trinajstić information content (AvgIpc) is 2.86. The van der Waals surface area contributed by atoms with E-state index in [9.17, 15) is 4.79 Å². The lowest BCUT2D eigenvalue weighted by Crippen LogP contribution is -2.44. The number of amides is 1. The van der Waals surface area contributed by atoms with Crippen molar-refractivity contribution in [2.75, 3.05) is 13.9 Å². The summed E-state index contributed by atoms with van der Waals surface area (Å²) in [5, 5.41) is 1.32. The van der Waals surface area contributed by atoms with Gasteiger partial charge in [-0.3, -0.25) is 4.79 Å². The van der Waals surface area contributed by atoms with E-state index in [1.165, 1.54) is 23.9 Å². The second kappa shape index (κ2) is 9.53. The minimum Gasteiger partial charge on any atom is -0.440 e. The second-order valence-corrected chi connectivity index (χ2v) is 9.61. The van der Waals surface area contributed by atoms with Crippen LogP contribution in [-0.4, -0.2) is 34.8 Å². The van der Waals surface area contributed by atoms with Crippen LogP contribution in [-0.2, 0) is 19.1 Å². The number of carbonyl (C=O) groups excluding carboxylic acids is 1. The summed E-state index contributed by atoms with van der Waals surface area (Å²) < 4.78 is 11.6. The van der Waals surface area contributed by atoms with Crippen LogP contribution >= 0.6 is 24.0 Å². The molecule has 0 bridgehead atoms. The van der Waals surface area contributed by atoms with Gasteiger partial charge in [0.25, 0.3) is 5.91 Å². The average molecular weight is 458 g/mol. The molecule has 1 amide bonds. The molecule has 1 heterocycles. The van der Waals surface area contributed by atoms with Gasteiger partial charge < -0.3 is 9.47 Å². The lowest BCUT2D eigenvalue weighted by molar-refractivity contribution is -0.238. The van der Waals surface area contributed by atoms with Crippen LogP contribution in [0.3, 0.4) is 0 Å². The molecule has 3 rings (SSSR count). The molecular weight excluding hydrogens is 430 g/mol. The molecule has 0 saturated carbocycles. The topological polar surface area (TPSA) is 48.0 Å². The minimum absolute atomic E-state index is 0.0508. The molecular formula is C24H27NO4S2. The molecule has 0 radical (unpaired) electrons. The van der Waals surface area contributed by atoms with E-state index in [4.69, 9.17) is 26.5 Å². The first-order valence-corrected chi connectivity index (χ1v) is 11.1. The summed E-state index contributed by atoms with van der Waals surface area (Å²) in [6.45, 7) is 9.72. The predicted molar refractivity (Wildman–Crippen MR) is 127 cm³/mol. The van der Waals surface area contributed by atoms with E-state index < -0.39 is 5.54 Å². The standard InChI is InChI=1S/C24H27NO4S2/c1-15-12-16(2)19(17(3)13-15)20-21(24(4,5)25(22(20)26)28-14-27-6)29-23(30)31-18-10-8-7-9-11-18/h7-13H,14H2,1-6H3. The highest BCUT2D eigenvalue weighted by Gasteiger charge is 2.50. The highest BCUT2D eigenvalue weighted by molar-refractivity contribution is 8.22. The highest BCUT2D eigenvalue weighted by Crippen LogP contribution is 2.43. The zero-order chi connectivity index (χ0) is 22.8. The van der Waals surface area contributed by atoms with Crippen molar-refractivity contribution in [3.05, 3.63) is 70.5 Å². The maximum Gasteiger partial charge on any atom is 0.282 e. The molecule has 2 aromatic carbocycles. The number of methoxy groups -OCH3 is 1. The van der Waals surface area contributed by atoms with Crippen molar-refractivity contribution in [3.63, 3.8) is 0 Å². The second-order valence-electron chi connectivity index (χ2n) is 7.94. The molecule has 0 N–H and O–H groups in total. The number of rotatable bonds is 6. The lowest BCUT2D eigenvalue weighted by Gasteiger charge is -2.31. The third kappa shape index (κ3) is 4.85. The normalized spacial score (nSPS) is 15.5. The number of carbonyl (C=O) groups is 1. The molecule has 1 aliphatic heterocycles. The van der Waals surface area contributed by atoms with Crippen molar-refractivity contribution in [3.8, 4) is 0 Å². The number of ether oxygens (including phenoxy) is 2. The zero-order valence-electron chi connectivity index (χ0n) is 18.6.